The van der Waals surface area contributed by atoms with Crippen molar-refractivity contribution in [3.63, 3.8) is 0 Å². The van der Waals surface area contributed by atoms with Crippen LogP contribution in [0.5, 0.6) is 0 Å². The van der Waals surface area contributed by atoms with Crippen LogP contribution in [0.3, 0.4) is 0 Å². The van der Waals surface area contributed by atoms with Crippen molar-refractivity contribution in [2.24, 2.45) is 9.98 Å². The van der Waals surface area contributed by atoms with E-state index in [1.807, 2.05) is 36.1 Å². The molecule has 2 aliphatic rings. The van der Waals surface area contributed by atoms with Crippen molar-refractivity contribution < 1.29 is 9.59 Å². The molecule has 0 saturated carbocycles. The van der Waals surface area contributed by atoms with E-state index >= 15 is 0 Å². The van der Waals surface area contributed by atoms with Crippen molar-refractivity contribution in [2.75, 3.05) is 5.32 Å². The van der Waals surface area contributed by atoms with Crippen LogP contribution >= 0.6 is 23.4 Å². The van der Waals surface area contributed by atoms with Gasteiger partial charge < -0.3 is 5.32 Å². The first-order valence-electron chi connectivity index (χ1n) is 9.31. The van der Waals surface area contributed by atoms with E-state index in [0.717, 1.165) is 11.3 Å². The number of para-hydroxylation sites is 1. The summed E-state index contributed by atoms with van der Waals surface area (Å²) in [6.45, 7) is 3.75. The molecule has 8 heteroatoms. The van der Waals surface area contributed by atoms with Gasteiger partial charge in [-0.15, -0.1) is 0 Å². The molecule has 2 aromatic rings. The average Bonchev–Trinajstić information content (AvgIpc) is 3.03. The molecule has 2 aromatic carbocycles. The molecule has 6 nitrogen and oxygen atoms in total. The Morgan fingerprint density at radius 1 is 1.21 bits per heavy atom. The lowest BCUT2D eigenvalue weighted by Gasteiger charge is -2.30. The Bertz CT molecular complexity index is 1040. The van der Waals surface area contributed by atoms with Crippen molar-refractivity contribution >= 4 is 57.6 Å². The molecule has 2 heterocycles. The van der Waals surface area contributed by atoms with E-state index in [4.69, 9.17) is 16.6 Å². The number of rotatable bonds is 4. The summed E-state index contributed by atoms with van der Waals surface area (Å²) in [7, 11) is 0. The maximum absolute atomic E-state index is 12.9. The third-order valence-electron chi connectivity index (χ3n) is 4.78. The van der Waals surface area contributed by atoms with Gasteiger partial charge in [-0.1, -0.05) is 42.4 Å². The molecule has 0 radical (unpaired) electrons. The van der Waals surface area contributed by atoms with Gasteiger partial charge in [0.25, 0.3) is 5.91 Å². The third kappa shape index (κ3) is 3.80. The fourth-order valence-corrected chi connectivity index (χ4v) is 4.42. The Balaban J connectivity index is 1.60. The highest BCUT2D eigenvalue weighted by Crippen LogP contribution is 2.35. The smallest absolute Gasteiger partial charge is 0.270 e. The summed E-state index contributed by atoms with van der Waals surface area (Å²) in [6.07, 6.45) is 0.605. The lowest BCUT2D eigenvalue weighted by atomic mass is 10.1. The fraction of sp³-hybridized carbons (Fsp3) is 0.238. The number of aliphatic imine (C=N–C) groups is 2. The molecule has 0 fully saturated rings. The normalized spacial score (nSPS) is 18.5. The number of fused-ring (bicyclic) bond motifs is 3. The van der Waals surface area contributed by atoms with Crippen molar-refractivity contribution in [2.45, 2.75) is 31.6 Å². The average molecular weight is 427 g/mol. The molecule has 0 saturated heterocycles. The first-order chi connectivity index (χ1) is 14.0. The van der Waals surface area contributed by atoms with Crippen LogP contribution in [-0.2, 0) is 9.59 Å². The van der Waals surface area contributed by atoms with Gasteiger partial charge >= 0.3 is 0 Å². The topological polar surface area (TPSA) is 74.1 Å². The lowest BCUT2D eigenvalue weighted by molar-refractivity contribution is -0.119. The summed E-state index contributed by atoms with van der Waals surface area (Å²) in [5, 5.41) is 3.76. The highest BCUT2D eigenvalue weighted by Gasteiger charge is 2.40. The first-order valence-corrected chi connectivity index (χ1v) is 10.6. The number of carbonyl (C=O) groups is 2. The number of anilines is 1. The Morgan fingerprint density at radius 2 is 1.93 bits per heavy atom. The summed E-state index contributed by atoms with van der Waals surface area (Å²) in [5.74, 6) is 0.269. The molecule has 2 atom stereocenters. The molecule has 2 unspecified atom stereocenters. The molecular formula is C21H19ClN4O2S. The number of amidine groups is 2. The van der Waals surface area contributed by atoms with Crippen LogP contribution < -0.4 is 5.32 Å². The van der Waals surface area contributed by atoms with E-state index in [-0.39, 0.29) is 17.1 Å². The van der Waals surface area contributed by atoms with E-state index in [9.17, 15) is 9.59 Å². The van der Waals surface area contributed by atoms with Gasteiger partial charge in [-0.25, -0.2) is 4.99 Å². The fourth-order valence-electron chi connectivity index (χ4n) is 3.20. The molecule has 2 amide bonds. The third-order valence-corrected chi connectivity index (χ3v) is 6.36. The number of nitrogens with zero attached hydrogens (tertiary/aromatic N) is 3. The van der Waals surface area contributed by atoms with Gasteiger partial charge in [0.1, 0.15) is 11.9 Å². The van der Waals surface area contributed by atoms with Crippen LogP contribution in [0.1, 0.15) is 25.8 Å². The van der Waals surface area contributed by atoms with Gasteiger partial charge in [0.05, 0.1) is 10.9 Å². The molecule has 0 spiro atoms. The SMILES string of the molecule is CCC(SC1=Nc2ccccc2C2=NC(=O)C(C)N12)C(=O)Nc1ccc(Cl)cc1. The van der Waals surface area contributed by atoms with E-state index in [1.165, 1.54) is 11.8 Å². The van der Waals surface area contributed by atoms with E-state index in [1.54, 1.807) is 31.2 Å². The Labute approximate surface area is 178 Å². The zero-order chi connectivity index (χ0) is 20.5. The van der Waals surface area contributed by atoms with Gasteiger partial charge in [0, 0.05) is 16.3 Å². The van der Waals surface area contributed by atoms with Crippen LogP contribution in [0.25, 0.3) is 0 Å². The number of benzene rings is 2. The summed E-state index contributed by atoms with van der Waals surface area (Å²) >= 11 is 7.26. The molecule has 29 heavy (non-hydrogen) atoms. The molecule has 148 valence electrons. The van der Waals surface area contributed by atoms with Gasteiger partial charge in [-0.3, -0.25) is 14.5 Å². The predicted octanol–water partition coefficient (Wildman–Crippen LogP) is 4.47. The second-order valence-corrected chi connectivity index (χ2v) is 8.35. The number of nitrogens with one attached hydrogen (secondary N) is 1. The van der Waals surface area contributed by atoms with Gasteiger partial charge in [0.15, 0.2) is 5.17 Å². The quantitative estimate of drug-likeness (QED) is 0.782. The minimum atomic E-state index is -0.443. The molecule has 0 bridgehead atoms. The number of amides is 2. The van der Waals surface area contributed by atoms with Crippen LogP contribution in [0.4, 0.5) is 11.4 Å². The highest BCUT2D eigenvalue weighted by molar-refractivity contribution is 8.15. The Hall–Kier alpha value is -2.64. The predicted molar refractivity (Wildman–Crippen MR) is 118 cm³/mol. The van der Waals surface area contributed by atoms with Crippen molar-refractivity contribution in [3.8, 4) is 0 Å². The lowest BCUT2D eigenvalue weighted by Crippen LogP contribution is -2.43. The molecular weight excluding hydrogens is 408 g/mol. The van der Waals surface area contributed by atoms with Crippen LogP contribution in [0, 0.1) is 0 Å². The number of thioether (sulfide) groups is 1. The monoisotopic (exact) mass is 426 g/mol. The van der Waals surface area contributed by atoms with Crippen molar-refractivity contribution in [3.05, 3.63) is 59.1 Å². The van der Waals surface area contributed by atoms with Crippen molar-refractivity contribution in [1.82, 2.24) is 4.90 Å². The minimum Gasteiger partial charge on any atom is -0.325 e. The first kappa shape index (κ1) is 19.7. The Kier molecular flexibility index (Phi) is 5.43. The summed E-state index contributed by atoms with van der Waals surface area (Å²) in [6, 6.07) is 14.1. The largest absolute Gasteiger partial charge is 0.325 e. The highest BCUT2D eigenvalue weighted by atomic mass is 35.5. The maximum Gasteiger partial charge on any atom is 0.270 e. The number of carbonyl (C=O) groups excluding carboxylic acids is 2. The van der Waals surface area contributed by atoms with Gasteiger partial charge in [-0.05, 0) is 49.7 Å². The number of hydrogen-bond donors (Lipinski definition) is 1. The van der Waals surface area contributed by atoms with E-state index < -0.39 is 6.04 Å². The molecule has 4 rings (SSSR count). The van der Waals surface area contributed by atoms with Crippen LogP contribution in [-0.4, -0.2) is 39.0 Å². The maximum atomic E-state index is 12.9. The number of halogens is 1. The summed E-state index contributed by atoms with van der Waals surface area (Å²) in [4.78, 5) is 35.9. The molecule has 1 N–H and O–H groups in total. The molecule has 0 aliphatic carbocycles. The second-order valence-electron chi connectivity index (χ2n) is 6.74. The number of hydrogen-bond acceptors (Lipinski definition) is 5. The van der Waals surface area contributed by atoms with Crippen molar-refractivity contribution in [1.29, 1.82) is 0 Å². The zero-order valence-corrected chi connectivity index (χ0v) is 17.5. The van der Waals surface area contributed by atoms with E-state index in [0.29, 0.717) is 28.1 Å². The molecule has 0 aromatic heterocycles. The minimum absolute atomic E-state index is 0.127. The van der Waals surface area contributed by atoms with Gasteiger partial charge in [0.2, 0.25) is 5.91 Å². The van der Waals surface area contributed by atoms with E-state index in [2.05, 4.69) is 10.3 Å². The van der Waals surface area contributed by atoms with Crippen LogP contribution in [0.2, 0.25) is 5.02 Å². The zero-order valence-electron chi connectivity index (χ0n) is 15.9. The standard InChI is InChI=1S/C21H19ClN4O2S/c1-3-17(20(28)23-14-10-8-13(22)9-11-14)29-21-24-16-7-5-4-6-15(16)18-25-19(27)12(2)26(18)21/h4-12,17H,3H2,1-2H3,(H,23,28). The summed E-state index contributed by atoms with van der Waals surface area (Å²) in [5.41, 5.74) is 2.26. The second kappa shape index (κ2) is 8.00. The summed E-state index contributed by atoms with van der Waals surface area (Å²) < 4.78 is 0. The molecule has 2 aliphatic heterocycles. The van der Waals surface area contributed by atoms with Gasteiger partial charge in [-0.2, -0.15) is 4.99 Å². The Morgan fingerprint density at radius 3 is 2.66 bits per heavy atom. The van der Waals surface area contributed by atoms with Crippen LogP contribution in [0.15, 0.2) is 58.5 Å².